The SMILES string of the molecule is O=C(CSc1nnc(C2CC2)n1-c1ccccc1)N1CCN(c2ccccc2)CC1. The lowest BCUT2D eigenvalue weighted by molar-refractivity contribution is -0.128. The lowest BCUT2D eigenvalue weighted by Gasteiger charge is -2.36. The van der Waals surface area contributed by atoms with Crippen molar-refractivity contribution in [1.82, 2.24) is 19.7 Å². The van der Waals surface area contributed by atoms with E-state index < -0.39 is 0 Å². The van der Waals surface area contributed by atoms with Gasteiger partial charge in [0, 0.05) is 43.5 Å². The van der Waals surface area contributed by atoms with E-state index in [0.717, 1.165) is 42.8 Å². The van der Waals surface area contributed by atoms with E-state index >= 15 is 0 Å². The maximum absolute atomic E-state index is 12.8. The summed E-state index contributed by atoms with van der Waals surface area (Å²) in [5.74, 6) is 2.07. The fourth-order valence-electron chi connectivity index (χ4n) is 3.87. The molecule has 2 heterocycles. The van der Waals surface area contributed by atoms with Crippen LogP contribution >= 0.6 is 11.8 Å². The maximum atomic E-state index is 12.8. The van der Waals surface area contributed by atoms with E-state index in [2.05, 4.69) is 56.1 Å². The van der Waals surface area contributed by atoms with Crippen molar-refractivity contribution < 1.29 is 4.79 Å². The van der Waals surface area contributed by atoms with Crippen molar-refractivity contribution in [2.24, 2.45) is 0 Å². The third-order valence-electron chi connectivity index (χ3n) is 5.69. The number of carbonyl (C=O) groups is 1. The Hall–Kier alpha value is -2.80. The summed E-state index contributed by atoms with van der Waals surface area (Å²) in [6.07, 6.45) is 2.33. The smallest absolute Gasteiger partial charge is 0.233 e. The molecule has 1 aliphatic heterocycles. The third-order valence-corrected chi connectivity index (χ3v) is 6.61. The number of nitrogens with zero attached hydrogens (tertiary/aromatic N) is 5. The normalized spacial score (nSPS) is 16.7. The van der Waals surface area contributed by atoms with Crippen molar-refractivity contribution in [2.75, 3.05) is 36.8 Å². The zero-order valence-electron chi connectivity index (χ0n) is 16.9. The van der Waals surface area contributed by atoms with Gasteiger partial charge in [-0.25, -0.2) is 0 Å². The Morgan fingerprint density at radius 3 is 2.13 bits per heavy atom. The van der Waals surface area contributed by atoms with Crippen molar-refractivity contribution >= 4 is 23.4 Å². The van der Waals surface area contributed by atoms with Crippen LogP contribution < -0.4 is 4.90 Å². The molecule has 30 heavy (non-hydrogen) atoms. The molecule has 1 aromatic heterocycles. The fraction of sp³-hybridized carbons (Fsp3) is 0.348. The first-order valence-corrected chi connectivity index (χ1v) is 11.5. The quantitative estimate of drug-likeness (QED) is 0.572. The Balaban J connectivity index is 1.22. The maximum Gasteiger partial charge on any atom is 0.233 e. The number of anilines is 1. The highest BCUT2D eigenvalue weighted by molar-refractivity contribution is 7.99. The molecule has 0 bridgehead atoms. The van der Waals surface area contributed by atoms with Crippen LogP contribution in [0.2, 0.25) is 0 Å². The van der Waals surface area contributed by atoms with Crippen LogP contribution in [0.1, 0.15) is 24.6 Å². The van der Waals surface area contributed by atoms with Gasteiger partial charge in [-0.1, -0.05) is 48.2 Å². The lowest BCUT2D eigenvalue weighted by atomic mass is 10.2. The Morgan fingerprint density at radius 1 is 0.867 bits per heavy atom. The Morgan fingerprint density at radius 2 is 1.50 bits per heavy atom. The largest absolute Gasteiger partial charge is 0.368 e. The monoisotopic (exact) mass is 419 g/mol. The zero-order valence-corrected chi connectivity index (χ0v) is 17.7. The predicted molar refractivity (Wildman–Crippen MR) is 119 cm³/mol. The molecule has 0 N–H and O–H groups in total. The highest BCUT2D eigenvalue weighted by Gasteiger charge is 2.31. The van der Waals surface area contributed by atoms with Gasteiger partial charge in [-0.3, -0.25) is 9.36 Å². The van der Waals surface area contributed by atoms with Crippen molar-refractivity contribution in [3.05, 3.63) is 66.5 Å². The summed E-state index contributed by atoms with van der Waals surface area (Å²) in [6, 6.07) is 20.6. The van der Waals surface area contributed by atoms with Gasteiger partial charge in [0.2, 0.25) is 5.91 Å². The molecule has 2 fully saturated rings. The number of thioether (sulfide) groups is 1. The molecule has 0 radical (unpaired) electrons. The summed E-state index contributed by atoms with van der Waals surface area (Å²) < 4.78 is 2.13. The zero-order chi connectivity index (χ0) is 20.3. The second-order valence-corrected chi connectivity index (χ2v) is 8.72. The lowest BCUT2D eigenvalue weighted by Crippen LogP contribution is -2.49. The number of hydrogen-bond acceptors (Lipinski definition) is 5. The average Bonchev–Trinajstić information content (AvgIpc) is 3.58. The van der Waals surface area contributed by atoms with Gasteiger partial charge >= 0.3 is 0 Å². The Kier molecular flexibility index (Phi) is 5.45. The number of piperazine rings is 1. The molecule has 0 unspecified atom stereocenters. The summed E-state index contributed by atoms with van der Waals surface area (Å²) in [4.78, 5) is 17.2. The van der Waals surface area contributed by atoms with Crippen molar-refractivity contribution in [2.45, 2.75) is 23.9 Å². The predicted octanol–water partition coefficient (Wildman–Crippen LogP) is 3.59. The van der Waals surface area contributed by atoms with E-state index in [1.807, 2.05) is 29.2 Å². The first kappa shape index (κ1) is 19.2. The first-order valence-electron chi connectivity index (χ1n) is 10.5. The summed E-state index contributed by atoms with van der Waals surface area (Å²) in [5, 5.41) is 9.67. The third kappa shape index (κ3) is 4.07. The number of aromatic nitrogens is 3. The molecule has 3 aromatic rings. The molecule has 6 nitrogen and oxygen atoms in total. The molecule has 5 rings (SSSR count). The summed E-state index contributed by atoms with van der Waals surface area (Å²) >= 11 is 1.49. The molecule has 2 aromatic carbocycles. The molecule has 0 atom stereocenters. The minimum absolute atomic E-state index is 0.170. The van der Waals surface area contributed by atoms with Crippen LogP contribution in [0.3, 0.4) is 0 Å². The minimum atomic E-state index is 0.170. The summed E-state index contributed by atoms with van der Waals surface area (Å²) in [7, 11) is 0. The molecular formula is C23H25N5OS. The van der Waals surface area contributed by atoms with E-state index in [4.69, 9.17) is 0 Å². The van der Waals surface area contributed by atoms with E-state index in [1.54, 1.807) is 0 Å². The van der Waals surface area contributed by atoms with Gasteiger partial charge in [-0.15, -0.1) is 10.2 Å². The molecule has 7 heteroatoms. The van der Waals surface area contributed by atoms with Crippen molar-refractivity contribution in [1.29, 1.82) is 0 Å². The van der Waals surface area contributed by atoms with Crippen LogP contribution in [0.15, 0.2) is 65.8 Å². The van der Waals surface area contributed by atoms with Gasteiger partial charge < -0.3 is 9.80 Å². The van der Waals surface area contributed by atoms with Crippen LogP contribution in [-0.2, 0) is 4.79 Å². The first-order chi connectivity index (χ1) is 14.8. The highest BCUT2D eigenvalue weighted by Crippen LogP contribution is 2.41. The topological polar surface area (TPSA) is 54.3 Å². The van der Waals surface area contributed by atoms with E-state index in [1.165, 1.54) is 30.3 Å². The molecular weight excluding hydrogens is 394 g/mol. The van der Waals surface area contributed by atoms with Crippen molar-refractivity contribution in [3.63, 3.8) is 0 Å². The Bertz CT molecular complexity index is 995. The van der Waals surface area contributed by atoms with Gasteiger partial charge in [-0.05, 0) is 37.1 Å². The molecule has 2 aliphatic rings. The molecule has 1 saturated carbocycles. The Labute approximate surface area is 180 Å². The number of para-hydroxylation sites is 2. The van der Waals surface area contributed by atoms with E-state index in [9.17, 15) is 4.79 Å². The van der Waals surface area contributed by atoms with E-state index in [-0.39, 0.29) is 5.91 Å². The fourth-order valence-corrected chi connectivity index (χ4v) is 4.73. The van der Waals surface area contributed by atoms with E-state index in [0.29, 0.717) is 11.7 Å². The number of amides is 1. The standard InChI is InChI=1S/C23H25N5OS/c29-21(27-15-13-26(14-16-27)19-7-3-1-4-8-19)17-30-23-25-24-22(18-11-12-18)28(23)20-9-5-2-6-10-20/h1-10,18H,11-17H2. The van der Waals surface area contributed by atoms with Gasteiger partial charge in [0.25, 0.3) is 0 Å². The van der Waals surface area contributed by atoms with Crippen LogP contribution in [0.5, 0.6) is 0 Å². The van der Waals surface area contributed by atoms with Crippen LogP contribution in [0.25, 0.3) is 5.69 Å². The molecule has 1 amide bonds. The van der Waals surface area contributed by atoms with Gasteiger partial charge in [-0.2, -0.15) is 0 Å². The number of benzene rings is 2. The second-order valence-electron chi connectivity index (χ2n) is 7.78. The molecule has 154 valence electrons. The number of carbonyl (C=O) groups excluding carboxylic acids is 1. The van der Waals surface area contributed by atoms with Crippen molar-refractivity contribution in [3.8, 4) is 5.69 Å². The molecule has 0 spiro atoms. The molecule has 1 saturated heterocycles. The summed E-state index contributed by atoms with van der Waals surface area (Å²) in [5.41, 5.74) is 2.29. The van der Waals surface area contributed by atoms with Gasteiger partial charge in [0.1, 0.15) is 5.82 Å². The average molecular weight is 420 g/mol. The van der Waals surface area contributed by atoms with Crippen LogP contribution in [0.4, 0.5) is 5.69 Å². The second kappa shape index (κ2) is 8.52. The van der Waals surface area contributed by atoms with Gasteiger partial charge in [0.05, 0.1) is 5.75 Å². The minimum Gasteiger partial charge on any atom is -0.368 e. The van der Waals surface area contributed by atoms with Gasteiger partial charge in [0.15, 0.2) is 5.16 Å². The highest BCUT2D eigenvalue weighted by atomic mass is 32.2. The number of rotatable bonds is 6. The van der Waals surface area contributed by atoms with Crippen LogP contribution in [0, 0.1) is 0 Å². The van der Waals surface area contributed by atoms with Crippen LogP contribution in [-0.4, -0.2) is 57.5 Å². The number of hydrogen-bond donors (Lipinski definition) is 0. The molecule has 1 aliphatic carbocycles. The summed E-state index contributed by atoms with van der Waals surface area (Å²) in [6.45, 7) is 3.25.